The summed E-state index contributed by atoms with van der Waals surface area (Å²) in [5.41, 5.74) is 2.58. The summed E-state index contributed by atoms with van der Waals surface area (Å²) in [6.45, 7) is 2.86. The lowest BCUT2D eigenvalue weighted by Crippen LogP contribution is -2.24. The number of carboxylic acid groups (broad SMARTS) is 1. The summed E-state index contributed by atoms with van der Waals surface area (Å²) in [5.74, 6) is -0.902. The molecule has 0 radical (unpaired) electrons. The van der Waals surface area contributed by atoms with Crippen molar-refractivity contribution in [3.05, 3.63) is 36.0 Å². The Kier molecular flexibility index (Phi) is 3.26. The maximum absolute atomic E-state index is 11.8. The van der Waals surface area contributed by atoms with Gasteiger partial charge in [0.25, 0.3) is 0 Å². The molecule has 4 heterocycles. The van der Waals surface area contributed by atoms with Gasteiger partial charge in [-0.25, -0.2) is 0 Å². The fraction of sp³-hybridized carbons (Fsp3) is 0.375. The molecule has 0 saturated carbocycles. The van der Waals surface area contributed by atoms with E-state index < -0.39 is 11.9 Å². The number of rotatable bonds is 3. The van der Waals surface area contributed by atoms with Crippen molar-refractivity contribution < 1.29 is 14.3 Å². The number of carbonyl (C=O) groups is 1. The molecular weight excluding hydrogens is 310 g/mol. The third-order valence-corrected chi connectivity index (χ3v) is 4.86. The molecule has 1 aliphatic heterocycles. The Labute approximate surface area is 137 Å². The minimum Gasteiger partial charge on any atom is -0.481 e. The van der Waals surface area contributed by atoms with Gasteiger partial charge < -0.3 is 14.4 Å². The zero-order valence-electron chi connectivity index (χ0n) is 13.4. The molecule has 0 unspecified atom stereocenters. The summed E-state index contributed by atoms with van der Waals surface area (Å²) >= 11 is 0. The molecule has 1 saturated heterocycles. The fourth-order valence-electron chi connectivity index (χ4n) is 3.42. The van der Waals surface area contributed by atoms with Crippen LogP contribution in [0.3, 0.4) is 0 Å². The maximum atomic E-state index is 11.8. The van der Waals surface area contributed by atoms with Crippen molar-refractivity contribution >= 4 is 22.8 Å². The second-order valence-corrected chi connectivity index (χ2v) is 6.14. The standard InChI is InChI=1S/C16H17N5O3/c1-9-11(6-18-20(9)2)12-7-21(8-13(12)16(22)23)15-14-10(3-4-24-14)5-17-19-15/h3-6,12-13H,7-8H2,1-2H3,(H,22,23)/t12-,13+/m0/s1. The Morgan fingerprint density at radius 3 is 2.92 bits per heavy atom. The molecule has 8 heteroatoms. The molecule has 0 aliphatic carbocycles. The van der Waals surface area contributed by atoms with Gasteiger partial charge >= 0.3 is 5.97 Å². The van der Waals surface area contributed by atoms with Crippen LogP contribution in [0.25, 0.3) is 11.0 Å². The smallest absolute Gasteiger partial charge is 0.308 e. The summed E-state index contributed by atoms with van der Waals surface area (Å²) in [4.78, 5) is 13.7. The van der Waals surface area contributed by atoms with E-state index in [0.717, 1.165) is 16.6 Å². The number of hydrogen-bond donors (Lipinski definition) is 1. The van der Waals surface area contributed by atoms with Crippen LogP contribution in [0.2, 0.25) is 0 Å². The Morgan fingerprint density at radius 1 is 1.38 bits per heavy atom. The second-order valence-electron chi connectivity index (χ2n) is 6.14. The predicted molar refractivity (Wildman–Crippen MR) is 85.8 cm³/mol. The lowest BCUT2D eigenvalue weighted by Gasteiger charge is -2.16. The maximum Gasteiger partial charge on any atom is 0.308 e. The summed E-state index contributed by atoms with van der Waals surface area (Å²) in [7, 11) is 1.86. The van der Waals surface area contributed by atoms with Gasteiger partial charge in [-0.05, 0) is 18.6 Å². The van der Waals surface area contributed by atoms with Crippen LogP contribution in [-0.4, -0.2) is 44.1 Å². The Hall–Kier alpha value is -2.90. The lowest BCUT2D eigenvalue weighted by atomic mass is 9.89. The van der Waals surface area contributed by atoms with Crippen molar-refractivity contribution in [1.82, 2.24) is 20.0 Å². The molecule has 3 aromatic heterocycles. The Balaban J connectivity index is 1.74. The highest BCUT2D eigenvalue weighted by Gasteiger charge is 2.41. The molecule has 0 spiro atoms. The van der Waals surface area contributed by atoms with Gasteiger partial charge in [0, 0.05) is 37.1 Å². The van der Waals surface area contributed by atoms with Crippen LogP contribution < -0.4 is 4.90 Å². The van der Waals surface area contributed by atoms with E-state index in [2.05, 4.69) is 15.3 Å². The zero-order valence-corrected chi connectivity index (χ0v) is 13.4. The van der Waals surface area contributed by atoms with E-state index in [1.54, 1.807) is 23.3 Å². The van der Waals surface area contributed by atoms with Gasteiger partial charge in [0.15, 0.2) is 11.4 Å². The van der Waals surface area contributed by atoms with Gasteiger partial charge in [-0.15, -0.1) is 5.10 Å². The average Bonchev–Trinajstić information content (AvgIpc) is 3.26. The van der Waals surface area contributed by atoms with Crippen molar-refractivity contribution in [3.63, 3.8) is 0 Å². The largest absolute Gasteiger partial charge is 0.481 e. The highest BCUT2D eigenvalue weighted by molar-refractivity contribution is 5.87. The van der Waals surface area contributed by atoms with Crippen LogP contribution in [0.4, 0.5) is 5.82 Å². The molecule has 24 heavy (non-hydrogen) atoms. The van der Waals surface area contributed by atoms with Crippen LogP contribution in [0.15, 0.2) is 29.1 Å². The number of aliphatic carboxylic acids is 1. The molecule has 2 atom stereocenters. The average molecular weight is 327 g/mol. The monoisotopic (exact) mass is 327 g/mol. The van der Waals surface area contributed by atoms with Gasteiger partial charge in [-0.3, -0.25) is 9.48 Å². The highest BCUT2D eigenvalue weighted by atomic mass is 16.4. The van der Waals surface area contributed by atoms with Crippen LogP contribution in [0, 0.1) is 12.8 Å². The second kappa shape index (κ2) is 5.33. The normalized spacial score (nSPS) is 20.8. The minimum absolute atomic E-state index is 0.150. The van der Waals surface area contributed by atoms with E-state index in [9.17, 15) is 9.90 Å². The van der Waals surface area contributed by atoms with Crippen molar-refractivity contribution in [3.8, 4) is 0 Å². The van der Waals surface area contributed by atoms with Gasteiger partial charge in [-0.2, -0.15) is 10.2 Å². The molecule has 1 aliphatic rings. The SMILES string of the molecule is Cc1c([C@@H]2CN(c3nncc4ccoc34)C[C@H]2C(=O)O)cnn1C. The van der Waals surface area contributed by atoms with E-state index in [0.29, 0.717) is 24.5 Å². The van der Waals surface area contributed by atoms with Crippen LogP contribution in [-0.2, 0) is 11.8 Å². The van der Waals surface area contributed by atoms with Crippen LogP contribution in [0.1, 0.15) is 17.2 Å². The number of aryl methyl sites for hydroxylation is 1. The van der Waals surface area contributed by atoms with E-state index in [1.165, 1.54) is 0 Å². The summed E-state index contributed by atoms with van der Waals surface area (Å²) in [6, 6.07) is 1.82. The van der Waals surface area contributed by atoms with E-state index in [-0.39, 0.29) is 5.92 Å². The third-order valence-electron chi connectivity index (χ3n) is 4.86. The number of anilines is 1. The summed E-state index contributed by atoms with van der Waals surface area (Å²) in [5, 5.41) is 23.0. The molecule has 124 valence electrons. The Bertz CT molecular complexity index is 915. The van der Waals surface area contributed by atoms with Crippen molar-refractivity contribution in [1.29, 1.82) is 0 Å². The fourth-order valence-corrected chi connectivity index (χ4v) is 3.42. The molecule has 8 nitrogen and oxygen atoms in total. The molecule has 0 aromatic carbocycles. The van der Waals surface area contributed by atoms with Crippen LogP contribution >= 0.6 is 0 Å². The highest BCUT2D eigenvalue weighted by Crippen LogP contribution is 2.38. The van der Waals surface area contributed by atoms with Gasteiger partial charge in [-0.1, -0.05) is 0 Å². The molecule has 3 aromatic rings. The van der Waals surface area contributed by atoms with Gasteiger partial charge in [0.2, 0.25) is 0 Å². The first-order valence-corrected chi connectivity index (χ1v) is 7.71. The quantitative estimate of drug-likeness (QED) is 0.779. The first-order chi connectivity index (χ1) is 11.6. The molecule has 1 fully saturated rings. The molecular formula is C16H17N5O3. The van der Waals surface area contributed by atoms with Crippen LogP contribution in [0.5, 0.6) is 0 Å². The first kappa shape index (κ1) is 14.7. The number of fused-ring (bicyclic) bond motifs is 1. The minimum atomic E-state index is -0.815. The molecule has 1 N–H and O–H groups in total. The van der Waals surface area contributed by atoms with Gasteiger partial charge in [0.05, 0.1) is 24.6 Å². The number of nitrogens with zero attached hydrogens (tertiary/aromatic N) is 5. The molecule has 4 rings (SSSR count). The number of carboxylic acids is 1. The van der Waals surface area contributed by atoms with Crippen molar-refractivity contribution in [2.75, 3.05) is 18.0 Å². The number of furan rings is 1. The lowest BCUT2D eigenvalue weighted by molar-refractivity contribution is -0.141. The zero-order chi connectivity index (χ0) is 16.8. The topological polar surface area (TPSA) is 97.3 Å². The molecule has 0 amide bonds. The summed E-state index contributed by atoms with van der Waals surface area (Å²) in [6.07, 6.45) is 4.99. The number of aromatic nitrogens is 4. The van der Waals surface area contributed by atoms with E-state index >= 15 is 0 Å². The predicted octanol–water partition coefficient (Wildman–Crippen LogP) is 1.57. The third kappa shape index (κ3) is 2.14. The number of hydrogen-bond acceptors (Lipinski definition) is 6. The van der Waals surface area contributed by atoms with E-state index in [4.69, 9.17) is 4.42 Å². The van der Waals surface area contributed by atoms with Gasteiger partial charge in [0.1, 0.15) is 0 Å². The van der Waals surface area contributed by atoms with Crippen molar-refractivity contribution in [2.24, 2.45) is 13.0 Å². The first-order valence-electron chi connectivity index (χ1n) is 7.71. The molecule has 0 bridgehead atoms. The van der Waals surface area contributed by atoms with Crippen molar-refractivity contribution in [2.45, 2.75) is 12.8 Å². The Morgan fingerprint density at radius 2 is 2.21 bits per heavy atom. The summed E-state index contributed by atoms with van der Waals surface area (Å²) < 4.78 is 7.29. The van der Waals surface area contributed by atoms with E-state index in [1.807, 2.05) is 24.9 Å².